The van der Waals surface area contributed by atoms with E-state index in [1.54, 1.807) is 0 Å². The molecule has 1 aromatic rings. The van der Waals surface area contributed by atoms with Crippen LogP contribution in [0.15, 0.2) is 6.20 Å². The summed E-state index contributed by atoms with van der Waals surface area (Å²) in [7, 11) is 1.49. The van der Waals surface area contributed by atoms with Gasteiger partial charge in [-0.2, -0.15) is 0 Å². The van der Waals surface area contributed by atoms with Crippen LogP contribution >= 0.6 is 0 Å². The van der Waals surface area contributed by atoms with Gasteiger partial charge in [-0.1, -0.05) is 46.8 Å². The van der Waals surface area contributed by atoms with Crippen LogP contribution in [-0.2, 0) is 25.7 Å². The molecule has 0 amide bonds. The number of methoxy groups -OCH3 is 1. The van der Waals surface area contributed by atoms with Crippen molar-refractivity contribution in [1.29, 1.82) is 0 Å². The first kappa shape index (κ1) is 45.1. The van der Waals surface area contributed by atoms with Crippen molar-refractivity contribution in [3.63, 3.8) is 0 Å². The summed E-state index contributed by atoms with van der Waals surface area (Å²) in [5.41, 5.74) is 1.81. The van der Waals surface area contributed by atoms with Crippen LogP contribution in [0.25, 0.3) is 0 Å². The number of aliphatic hydroxyl groups is 2. The molecular formula is C52H83N3O7. The molecule has 20 atom stereocenters. The number of rotatable bonds is 12. The van der Waals surface area contributed by atoms with E-state index in [2.05, 4.69) is 57.5 Å². The molecule has 8 aliphatic carbocycles. The van der Waals surface area contributed by atoms with E-state index >= 15 is 0 Å². The first-order chi connectivity index (χ1) is 29.5. The van der Waals surface area contributed by atoms with E-state index in [9.17, 15) is 24.9 Å². The van der Waals surface area contributed by atoms with Crippen molar-refractivity contribution < 1.29 is 34.4 Å². The molecule has 3 N–H and O–H groups in total. The van der Waals surface area contributed by atoms with Gasteiger partial charge in [-0.05, 0) is 208 Å². The van der Waals surface area contributed by atoms with Crippen LogP contribution in [0.1, 0.15) is 182 Å². The molecule has 8 fully saturated rings. The van der Waals surface area contributed by atoms with Gasteiger partial charge in [0, 0.05) is 12.8 Å². The number of aliphatic hydroxyl groups excluding tert-OH is 2. The third kappa shape index (κ3) is 7.54. The van der Waals surface area contributed by atoms with E-state index in [4.69, 9.17) is 14.7 Å². The summed E-state index contributed by atoms with van der Waals surface area (Å²) in [6.45, 7) is 15.2. The number of carbonyl (C=O) groups excluding carboxylic acids is 1. The summed E-state index contributed by atoms with van der Waals surface area (Å²) in [4.78, 5) is 23.3. The highest BCUT2D eigenvalue weighted by molar-refractivity contribution is 5.69. The van der Waals surface area contributed by atoms with Crippen molar-refractivity contribution in [2.45, 2.75) is 201 Å². The Morgan fingerprint density at radius 1 is 0.710 bits per heavy atom. The normalized spacial score (nSPS) is 48.1. The van der Waals surface area contributed by atoms with Gasteiger partial charge in [-0.25, -0.2) is 4.68 Å². The molecule has 0 aliphatic heterocycles. The number of carboxylic acid groups (broad SMARTS) is 1. The molecule has 0 saturated heterocycles. The molecule has 10 nitrogen and oxygen atoms in total. The van der Waals surface area contributed by atoms with Gasteiger partial charge in [0.2, 0.25) is 0 Å². The number of hydrogen-bond donors (Lipinski definition) is 3. The van der Waals surface area contributed by atoms with E-state index in [1.165, 1.54) is 64.9 Å². The molecule has 62 heavy (non-hydrogen) atoms. The molecule has 10 heteroatoms. The lowest BCUT2D eigenvalue weighted by Crippen LogP contribution is -2.58. The van der Waals surface area contributed by atoms with Crippen molar-refractivity contribution in [2.24, 2.45) is 92.7 Å². The molecule has 0 radical (unpaired) electrons. The zero-order valence-corrected chi connectivity index (χ0v) is 39.5. The van der Waals surface area contributed by atoms with Gasteiger partial charge >= 0.3 is 11.9 Å². The van der Waals surface area contributed by atoms with E-state index in [0.29, 0.717) is 90.1 Å². The van der Waals surface area contributed by atoms with Crippen LogP contribution in [0, 0.1) is 92.7 Å². The summed E-state index contributed by atoms with van der Waals surface area (Å²) in [6, 6.07) is 0.297. The number of aromatic nitrogens is 3. The van der Waals surface area contributed by atoms with Crippen molar-refractivity contribution >= 4 is 11.9 Å². The van der Waals surface area contributed by atoms with Crippen LogP contribution in [0.5, 0.6) is 0 Å². The molecule has 8 aliphatic rings. The van der Waals surface area contributed by atoms with E-state index < -0.39 is 5.97 Å². The molecule has 0 unspecified atom stereocenters. The van der Waals surface area contributed by atoms with Crippen LogP contribution in [0.3, 0.4) is 0 Å². The summed E-state index contributed by atoms with van der Waals surface area (Å²) in [6.07, 6.45) is 22.1. The van der Waals surface area contributed by atoms with Crippen LogP contribution in [-0.4, -0.2) is 67.7 Å². The predicted molar refractivity (Wildman–Crippen MR) is 237 cm³/mol. The smallest absolute Gasteiger partial charge is 0.305 e. The lowest BCUT2D eigenvalue weighted by atomic mass is 9.43. The third-order valence-corrected chi connectivity index (χ3v) is 22.1. The average Bonchev–Trinajstić information content (AvgIpc) is 3.96. The molecular weight excluding hydrogens is 779 g/mol. The molecule has 9 rings (SSSR count). The van der Waals surface area contributed by atoms with Gasteiger partial charge in [0.25, 0.3) is 0 Å². The van der Waals surface area contributed by atoms with Crippen molar-refractivity contribution in [1.82, 2.24) is 15.0 Å². The Hall–Kier alpha value is -2.04. The number of fused-ring (bicyclic) bond motifs is 10. The van der Waals surface area contributed by atoms with E-state index in [1.807, 2.05) is 0 Å². The largest absolute Gasteiger partial charge is 0.481 e. The highest BCUT2D eigenvalue weighted by atomic mass is 16.5. The number of esters is 1. The maximum atomic E-state index is 12.0. The topological polar surface area (TPSA) is 144 Å². The van der Waals surface area contributed by atoms with Crippen molar-refractivity contribution in [2.75, 3.05) is 7.11 Å². The monoisotopic (exact) mass is 862 g/mol. The fraction of sp³-hybridized carbons (Fsp3) is 0.923. The summed E-state index contributed by atoms with van der Waals surface area (Å²) < 4.78 is 13.8. The Bertz CT molecular complexity index is 1790. The lowest BCUT2D eigenvalue weighted by Gasteiger charge is -2.62. The zero-order valence-electron chi connectivity index (χ0n) is 39.5. The van der Waals surface area contributed by atoms with Gasteiger partial charge in [-0.3, -0.25) is 9.59 Å². The third-order valence-electron chi connectivity index (χ3n) is 22.1. The first-order valence-electron chi connectivity index (χ1n) is 25.7. The maximum absolute atomic E-state index is 12.0. The summed E-state index contributed by atoms with van der Waals surface area (Å²) in [5, 5.41) is 42.7. The minimum Gasteiger partial charge on any atom is -0.481 e. The lowest BCUT2D eigenvalue weighted by molar-refractivity contribution is -0.179. The second-order valence-corrected chi connectivity index (χ2v) is 24.4. The van der Waals surface area contributed by atoms with Gasteiger partial charge in [0.1, 0.15) is 5.69 Å². The van der Waals surface area contributed by atoms with E-state index in [-0.39, 0.29) is 52.4 Å². The second-order valence-electron chi connectivity index (χ2n) is 24.4. The van der Waals surface area contributed by atoms with Gasteiger partial charge < -0.3 is 24.8 Å². The molecule has 0 bridgehead atoms. The van der Waals surface area contributed by atoms with Crippen LogP contribution in [0.2, 0.25) is 0 Å². The Morgan fingerprint density at radius 2 is 1.23 bits per heavy atom. The zero-order chi connectivity index (χ0) is 43.9. The quantitative estimate of drug-likeness (QED) is 0.175. The molecule has 8 saturated carbocycles. The predicted octanol–water partition coefficient (Wildman–Crippen LogP) is 10.1. The average molecular weight is 862 g/mol. The first-order valence-corrected chi connectivity index (χ1v) is 25.7. The van der Waals surface area contributed by atoms with Gasteiger partial charge in [-0.15, -0.1) is 5.10 Å². The molecule has 348 valence electrons. The number of nitrogens with zero attached hydrogens (tertiary/aromatic N) is 3. The SMILES string of the molecule is COC(=O)CC[C@@H](C)[C@H]1CC[C@H]2[C@@H]3[C@@H](O)C[C@H]4C[C@H](n5cc(CO[C@H]6CC[C@]7(C)[C@@H](C6)C[C@@H](O)[C@@H]6[C@H]7CC[C@]7(C)[C@@H]6CC[C@H]7[C@H](C)CCC(=O)O)nn5)CC[C@]4(C)[C@H]3CC[C@]12C. The Kier molecular flexibility index (Phi) is 12.4. The van der Waals surface area contributed by atoms with Crippen LogP contribution < -0.4 is 0 Å². The summed E-state index contributed by atoms with van der Waals surface area (Å²) in [5.74, 6) is 5.13. The van der Waals surface area contributed by atoms with Gasteiger partial charge in [0.05, 0.1) is 44.3 Å². The van der Waals surface area contributed by atoms with Crippen molar-refractivity contribution in [3.05, 3.63) is 11.9 Å². The van der Waals surface area contributed by atoms with Crippen LogP contribution in [0.4, 0.5) is 0 Å². The Morgan fingerprint density at radius 3 is 1.79 bits per heavy atom. The molecule has 0 spiro atoms. The second kappa shape index (κ2) is 17.0. The minimum atomic E-state index is -0.688. The fourth-order valence-electron chi connectivity index (χ4n) is 18.7. The Balaban J connectivity index is 0.782. The highest BCUT2D eigenvalue weighted by Gasteiger charge is 2.65. The Labute approximate surface area is 372 Å². The standard InChI is InChI=1S/C52H83N3O7/c1-30(8-14-45(58)59)37-10-12-40-48-42(19-23-51(37,40)5)50(4)21-17-36(25-33(50)27-44(48)57)62-29-34-28-55(54-53-34)35-16-20-49(3)32(24-35)26-43(56)47-39-13-11-38(31(2)9-15-46(60)61-7)52(39,6)22-18-41(47)49/h28,30-33,35-44,47-48,56-57H,8-27,29H2,1-7H3,(H,58,59)/t30-,31-,32-,33+,35-,36+,37+,38-,39+,40-,41+,42-,43+,44-,47+,48+,49+,50-,51+,52-/m1/s1. The summed E-state index contributed by atoms with van der Waals surface area (Å²) >= 11 is 0. The fourth-order valence-corrected chi connectivity index (χ4v) is 18.7. The number of carbonyl (C=O) groups is 2. The maximum Gasteiger partial charge on any atom is 0.305 e. The number of ether oxygens (including phenoxy) is 2. The van der Waals surface area contributed by atoms with E-state index in [0.717, 1.165) is 63.5 Å². The highest BCUT2D eigenvalue weighted by Crippen LogP contribution is 2.70. The number of aliphatic carboxylic acids is 1. The molecule has 1 aromatic heterocycles. The molecule has 1 heterocycles. The van der Waals surface area contributed by atoms with Crippen molar-refractivity contribution in [3.8, 4) is 0 Å². The number of carboxylic acids is 1. The number of hydrogen-bond acceptors (Lipinski definition) is 8. The molecule has 0 aromatic carbocycles. The minimum absolute atomic E-state index is 0.102. The van der Waals surface area contributed by atoms with Gasteiger partial charge in [0.15, 0.2) is 0 Å².